The predicted octanol–water partition coefficient (Wildman–Crippen LogP) is 3.67. The van der Waals surface area contributed by atoms with Gasteiger partial charge in [0.15, 0.2) is 6.61 Å². The second-order valence-corrected chi connectivity index (χ2v) is 6.06. The number of carbonyl (C=O) groups is 1. The zero-order valence-electron chi connectivity index (χ0n) is 15.6. The maximum absolute atomic E-state index is 12.5. The Kier molecular flexibility index (Phi) is 5.71. The van der Waals surface area contributed by atoms with Crippen LogP contribution in [-0.2, 0) is 6.61 Å². The van der Waals surface area contributed by atoms with E-state index in [0.717, 1.165) is 17.9 Å². The molecule has 0 atom stereocenters. The molecule has 0 saturated heterocycles. The van der Waals surface area contributed by atoms with Crippen molar-refractivity contribution >= 4 is 17.3 Å². The average molecular weight is 366 g/mol. The van der Waals surface area contributed by atoms with Gasteiger partial charge in [-0.2, -0.15) is 4.98 Å². The van der Waals surface area contributed by atoms with Crippen molar-refractivity contribution in [2.45, 2.75) is 20.5 Å². The van der Waals surface area contributed by atoms with Gasteiger partial charge in [0.1, 0.15) is 5.75 Å². The maximum atomic E-state index is 12.5. The summed E-state index contributed by atoms with van der Waals surface area (Å²) in [4.78, 5) is 18.6. The van der Waals surface area contributed by atoms with Crippen LogP contribution in [0.1, 0.15) is 29.0 Å². The van der Waals surface area contributed by atoms with E-state index in [0.29, 0.717) is 23.0 Å². The first-order chi connectivity index (χ1) is 13.0. The molecule has 0 radical (unpaired) electrons. The smallest absolute Gasteiger partial charge is 0.255 e. The van der Waals surface area contributed by atoms with Gasteiger partial charge in [-0.3, -0.25) is 4.79 Å². The summed E-state index contributed by atoms with van der Waals surface area (Å²) in [5.41, 5.74) is 2.35. The highest BCUT2D eigenvalue weighted by atomic mass is 16.5. The van der Waals surface area contributed by atoms with Crippen LogP contribution in [0.4, 0.5) is 11.4 Å². The minimum Gasteiger partial charge on any atom is -0.485 e. The quantitative estimate of drug-likeness (QED) is 0.687. The van der Waals surface area contributed by atoms with Gasteiger partial charge in [0, 0.05) is 37.5 Å². The molecule has 140 valence electrons. The van der Waals surface area contributed by atoms with Crippen molar-refractivity contribution in [2.75, 3.05) is 23.8 Å². The number of benzene rings is 2. The molecule has 3 aromatic rings. The summed E-state index contributed by atoms with van der Waals surface area (Å²) in [6.07, 6.45) is 0. The van der Waals surface area contributed by atoms with E-state index < -0.39 is 0 Å². The van der Waals surface area contributed by atoms with E-state index in [1.54, 1.807) is 31.2 Å². The number of carbonyl (C=O) groups excluding carboxylic acids is 1. The van der Waals surface area contributed by atoms with Crippen molar-refractivity contribution in [3.05, 3.63) is 65.8 Å². The number of rotatable bonds is 7. The summed E-state index contributed by atoms with van der Waals surface area (Å²) < 4.78 is 10.5. The molecule has 0 spiro atoms. The van der Waals surface area contributed by atoms with Crippen LogP contribution in [0.5, 0.6) is 5.75 Å². The molecule has 7 nitrogen and oxygen atoms in total. The Bertz CT molecular complexity index is 906. The molecule has 0 unspecified atom stereocenters. The van der Waals surface area contributed by atoms with Gasteiger partial charge in [-0.1, -0.05) is 11.2 Å². The van der Waals surface area contributed by atoms with Gasteiger partial charge in [-0.05, 0) is 49.4 Å². The zero-order valence-corrected chi connectivity index (χ0v) is 15.6. The number of nitrogens with zero attached hydrogens (tertiary/aromatic N) is 3. The lowest BCUT2D eigenvalue weighted by Crippen LogP contribution is -2.16. The third kappa shape index (κ3) is 4.84. The highest BCUT2D eigenvalue weighted by Crippen LogP contribution is 2.20. The largest absolute Gasteiger partial charge is 0.485 e. The molecule has 1 amide bonds. The molecule has 1 aromatic heterocycles. The van der Waals surface area contributed by atoms with Crippen molar-refractivity contribution in [2.24, 2.45) is 0 Å². The van der Waals surface area contributed by atoms with Crippen LogP contribution in [0.3, 0.4) is 0 Å². The summed E-state index contributed by atoms with van der Waals surface area (Å²) in [6, 6.07) is 14.7. The van der Waals surface area contributed by atoms with E-state index in [1.165, 1.54) is 0 Å². The third-order valence-corrected chi connectivity index (χ3v) is 4.07. The molecule has 0 aliphatic carbocycles. The average Bonchev–Trinajstić information content (AvgIpc) is 3.11. The Morgan fingerprint density at radius 1 is 1.22 bits per heavy atom. The van der Waals surface area contributed by atoms with Crippen LogP contribution in [0.15, 0.2) is 53.1 Å². The monoisotopic (exact) mass is 366 g/mol. The lowest BCUT2D eigenvalue weighted by molar-refractivity contribution is 0.102. The van der Waals surface area contributed by atoms with Crippen molar-refractivity contribution < 1.29 is 14.1 Å². The highest BCUT2D eigenvalue weighted by Gasteiger charge is 2.08. The van der Waals surface area contributed by atoms with Gasteiger partial charge < -0.3 is 19.5 Å². The second-order valence-electron chi connectivity index (χ2n) is 6.06. The number of aryl methyl sites for hydroxylation is 1. The number of amides is 1. The van der Waals surface area contributed by atoms with Crippen molar-refractivity contribution in [3.8, 4) is 5.75 Å². The number of hydrogen-bond donors (Lipinski definition) is 1. The van der Waals surface area contributed by atoms with Gasteiger partial charge in [-0.25, -0.2) is 0 Å². The Balaban J connectivity index is 1.60. The van der Waals surface area contributed by atoms with Crippen LogP contribution >= 0.6 is 0 Å². The Hall–Kier alpha value is -3.35. The van der Waals surface area contributed by atoms with Crippen LogP contribution in [0.2, 0.25) is 0 Å². The summed E-state index contributed by atoms with van der Waals surface area (Å²) >= 11 is 0. The lowest BCUT2D eigenvalue weighted by atomic mass is 10.2. The van der Waals surface area contributed by atoms with Crippen LogP contribution in [0, 0.1) is 6.92 Å². The molecule has 0 saturated carbocycles. The highest BCUT2D eigenvalue weighted by molar-refractivity contribution is 6.04. The Morgan fingerprint density at radius 3 is 2.67 bits per heavy atom. The van der Waals surface area contributed by atoms with Crippen LogP contribution in [0.25, 0.3) is 0 Å². The van der Waals surface area contributed by atoms with Gasteiger partial charge in [0.25, 0.3) is 5.91 Å². The molecule has 0 aliphatic rings. The fourth-order valence-corrected chi connectivity index (χ4v) is 2.46. The fraction of sp³-hybridized carbons (Fsp3) is 0.250. The first-order valence-electron chi connectivity index (χ1n) is 8.69. The predicted molar refractivity (Wildman–Crippen MR) is 103 cm³/mol. The van der Waals surface area contributed by atoms with E-state index in [-0.39, 0.29) is 12.5 Å². The number of anilines is 2. The topological polar surface area (TPSA) is 80.5 Å². The van der Waals surface area contributed by atoms with Gasteiger partial charge in [0.2, 0.25) is 11.7 Å². The van der Waals surface area contributed by atoms with E-state index in [9.17, 15) is 4.79 Å². The molecule has 0 aliphatic heterocycles. The first-order valence-corrected chi connectivity index (χ1v) is 8.69. The molecule has 2 aromatic carbocycles. The molecule has 27 heavy (non-hydrogen) atoms. The summed E-state index contributed by atoms with van der Waals surface area (Å²) in [5, 5.41) is 6.69. The lowest BCUT2D eigenvalue weighted by Gasteiger charge is -2.17. The second kappa shape index (κ2) is 8.35. The first kappa shape index (κ1) is 18.4. The molecule has 3 rings (SSSR count). The number of hydrogen-bond acceptors (Lipinski definition) is 6. The van der Waals surface area contributed by atoms with Gasteiger partial charge in [-0.15, -0.1) is 0 Å². The zero-order chi connectivity index (χ0) is 19.2. The molecule has 0 bridgehead atoms. The number of nitrogens with one attached hydrogen (secondary N) is 1. The number of ether oxygens (including phenoxy) is 1. The number of aromatic nitrogens is 2. The summed E-state index contributed by atoms with van der Waals surface area (Å²) in [5.74, 6) is 1.42. The fourth-order valence-electron chi connectivity index (χ4n) is 2.46. The van der Waals surface area contributed by atoms with E-state index >= 15 is 0 Å². The summed E-state index contributed by atoms with van der Waals surface area (Å²) in [6.45, 7) is 4.90. The van der Waals surface area contributed by atoms with Crippen molar-refractivity contribution in [1.82, 2.24) is 10.1 Å². The summed E-state index contributed by atoms with van der Waals surface area (Å²) in [7, 11) is 2.01. The maximum Gasteiger partial charge on any atom is 0.255 e. The molecule has 1 N–H and O–H groups in total. The molecular formula is C20H22N4O3. The van der Waals surface area contributed by atoms with E-state index in [4.69, 9.17) is 9.26 Å². The van der Waals surface area contributed by atoms with Gasteiger partial charge in [0.05, 0.1) is 0 Å². The molecule has 0 fully saturated rings. The van der Waals surface area contributed by atoms with Crippen molar-refractivity contribution in [3.63, 3.8) is 0 Å². The third-order valence-electron chi connectivity index (χ3n) is 4.07. The Labute approximate surface area is 158 Å². The minimum absolute atomic E-state index is 0.174. The van der Waals surface area contributed by atoms with E-state index in [1.807, 2.05) is 31.3 Å². The SMILES string of the molecule is CCN(C)c1cccc(NC(=O)c2ccc(OCc3noc(C)n3)cc2)c1. The Morgan fingerprint density at radius 2 is 2.00 bits per heavy atom. The van der Waals surface area contributed by atoms with E-state index in [2.05, 4.69) is 27.3 Å². The molecular weight excluding hydrogens is 344 g/mol. The van der Waals surface area contributed by atoms with Crippen LogP contribution < -0.4 is 15.0 Å². The van der Waals surface area contributed by atoms with Gasteiger partial charge >= 0.3 is 0 Å². The van der Waals surface area contributed by atoms with Crippen molar-refractivity contribution in [1.29, 1.82) is 0 Å². The van der Waals surface area contributed by atoms with Crippen LogP contribution in [-0.4, -0.2) is 29.6 Å². The molecule has 1 heterocycles. The minimum atomic E-state index is -0.174. The normalized spacial score (nSPS) is 10.5. The molecule has 7 heteroatoms. The standard InChI is InChI=1S/C20H22N4O3/c1-4-24(3)17-7-5-6-16(12-17)22-20(25)15-8-10-18(11-9-15)26-13-19-21-14(2)27-23-19/h5-12H,4,13H2,1-3H3,(H,22,25).